The lowest BCUT2D eigenvalue weighted by Crippen LogP contribution is -1.88. The SMILES string of the molecule is Cc1cc(F)ncc1C#CCS. The van der Waals surface area contributed by atoms with Crippen LogP contribution in [-0.2, 0) is 0 Å². The Balaban J connectivity index is 3.01. The topological polar surface area (TPSA) is 12.9 Å². The van der Waals surface area contributed by atoms with E-state index in [0.717, 1.165) is 11.1 Å². The normalized spacial score (nSPS) is 8.92. The highest BCUT2D eigenvalue weighted by Crippen LogP contribution is 2.05. The Morgan fingerprint density at radius 1 is 1.67 bits per heavy atom. The lowest BCUT2D eigenvalue weighted by Gasteiger charge is -1.95. The zero-order chi connectivity index (χ0) is 8.97. The Morgan fingerprint density at radius 2 is 2.42 bits per heavy atom. The summed E-state index contributed by atoms with van der Waals surface area (Å²) in [6, 6.07) is 1.36. The highest BCUT2D eigenvalue weighted by molar-refractivity contribution is 7.80. The standard InChI is InChI=1S/C9H8FNS/c1-7-5-9(10)11-6-8(7)3-2-4-12/h5-6,12H,4H2,1H3. The largest absolute Gasteiger partial charge is 0.227 e. The van der Waals surface area contributed by atoms with Crippen LogP contribution in [0.2, 0.25) is 0 Å². The van der Waals surface area contributed by atoms with Crippen LogP contribution in [0.15, 0.2) is 12.3 Å². The van der Waals surface area contributed by atoms with Gasteiger partial charge in [-0.05, 0) is 18.6 Å². The van der Waals surface area contributed by atoms with Crippen molar-refractivity contribution in [1.29, 1.82) is 0 Å². The molecule has 0 spiro atoms. The zero-order valence-electron chi connectivity index (χ0n) is 6.63. The molecule has 0 saturated carbocycles. The van der Waals surface area contributed by atoms with E-state index in [1.54, 1.807) is 6.92 Å². The first kappa shape index (κ1) is 9.08. The number of pyridine rings is 1. The van der Waals surface area contributed by atoms with Gasteiger partial charge in [0.25, 0.3) is 0 Å². The first-order valence-electron chi connectivity index (χ1n) is 3.46. The van der Waals surface area contributed by atoms with E-state index >= 15 is 0 Å². The molecule has 0 aliphatic heterocycles. The predicted octanol–water partition coefficient (Wildman–Crippen LogP) is 1.81. The molecular formula is C9H8FNS. The average Bonchev–Trinajstić information content (AvgIpc) is 2.03. The third-order valence-electron chi connectivity index (χ3n) is 1.38. The molecule has 62 valence electrons. The molecule has 0 amide bonds. The van der Waals surface area contributed by atoms with Gasteiger partial charge < -0.3 is 0 Å². The van der Waals surface area contributed by atoms with Gasteiger partial charge in [0.15, 0.2) is 0 Å². The van der Waals surface area contributed by atoms with Crippen molar-refractivity contribution in [1.82, 2.24) is 4.98 Å². The number of hydrogen-bond acceptors (Lipinski definition) is 2. The van der Waals surface area contributed by atoms with Gasteiger partial charge in [-0.1, -0.05) is 11.8 Å². The second-order valence-electron chi connectivity index (χ2n) is 2.28. The maximum atomic E-state index is 12.5. The van der Waals surface area contributed by atoms with E-state index in [1.807, 2.05) is 0 Å². The Hall–Kier alpha value is -1.01. The summed E-state index contributed by atoms with van der Waals surface area (Å²) in [5, 5.41) is 0. The van der Waals surface area contributed by atoms with Crippen LogP contribution in [0.4, 0.5) is 4.39 Å². The fourth-order valence-corrected chi connectivity index (χ4v) is 0.866. The van der Waals surface area contributed by atoms with Crippen molar-refractivity contribution in [3.05, 3.63) is 29.3 Å². The molecule has 1 heterocycles. The van der Waals surface area contributed by atoms with Gasteiger partial charge in [-0.2, -0.15) is 17.0 Å². The molecule has 0 bridgehead atoms. The van der Waals surface area contributed by atoms with Crippen molar-refractivity contribution in [2.24, 2.45) is 0 Å². The summed E-state index contributed by atoms with van der Waals surface area (Å²) in [4.78, 5) is 3.50. The number of thiol groups is 1. The number of aryl methyl sites for hydroxylation is 1. The predicted molar refractivity (Wildman–Crippen MR) is 49.7 cm³/mol. The summed E-state index contributed by atoms with van der Waals surface area (Å²) in [7, 11) is 0. The molecule has 1 aromatic heterocycles. The lowest BCUT2D eigenvalue weighted by atomic mass is 10.2. The van der Waals surface area contributed by atoms with Crippen LogP contribution in [0, 0.1) is 24.7 Å². The van der Waals surface area contributed by atoms with Crippen molar-refractivity contribution in [3.63, 3.8) is 0 Å². The van der Waals surface area contributed by atoms with E-state index in [1.165, 1.54) is 12.3 Å². The molecule has 1 rings (SSSR count). The van der Waals surface area contributed by atoms with Crippen molar-refractivity contribution in [2.45, 2.75) is 6.92 Å². The van der Waals surface area contributed by atoms with Crippen molar-refractivity contribution in [3.8, 4) is 11.8 Å². The molecule has 0 aromatic carbocycles. The van der Waals surface area contributed by atoms with Crippen LogP contribution in [0.5, 0.6) is 0 Å². The van der Waals surface area contributed by atoms with E-state index in [2.05, 4.69) is 29.5 Å². The van der Waals surface area contributed by atoms with Gasteiger partial charge in [0.2, 0.25) is 5.95 Å². The fraction of sp³-hybridized carbons (Fsp3) is 0.222. The minimum absolute atomic E-state index is 0.469. The third-order valence-corrected chi connectivity index (χ3v) is 1.54. The van der Waals surface area contributed by atoms with E-state index in [-0.39, 0.29) is 0 Å². The molecule has 0 saturated heterocycles. The van der Waals surface area contributed by atoms with Gasteiger partial charge >= 0.3 is 0 Å². The molecule has 3 heteroatoms. The van der Waals surface area contributed by atoms with E-state index in [9.17, 15) is 4.39 Å². The monoisotopic (exact) mass is 181 g/mol. The summed E-state index contributed by atoms with van der Waals surface area (Å²) in [6.07, 6.45) is 1.43. The lowest BCUT2D eigenvalue weighted by molar-refractivity contribution is 0.582. The van der Waals surface area contributed by atoms with Gasteiger partial charge in [0, 0.05) is 11.8 Å². The average molecular weight is 181 g/mol. The molecule has 0 N–H and O–H groups in total. The van der Waals surface area contributed by atoms with Gasteiger partial charge in [-0.15, -0.1) is 0 Å². The second-order valence-corrected chi connectivity index (χ2v) is 2.60. The maximum Gasteiger partial charge on any atom is 0.213 e. The molecule has 1 aromatic rings. The Bertz CT molecular complexity index is 338. The van der Waals surface area contributed by atoms with Crippen molar-refractivity contribution >= 4 is 12.6 Å². The summed E-state index contributed by atoms with van der Waals surface area (Å²) < 4.78 is 12.5. The molecule has 0 unspecified atom stereocenters. The molecule has 0 radical (unpaired) electrons. The second kappa shape index (κ2) is 4.13. The molecular weight excluding hydrogens is 173 g/mol. The fourth-order valence-electron chi connectivity index (χ4n) is 0.787. The van der Waals surface area contributed by atoms with Gasteiger partial charge in [0.05, 0.1) is 5.75 Å². The van der Waals surface area contributed by atoms with Crippen LogP contribution in [0.3, 0.4) is 0 Å². The summed E-state index contributed by atoms with van der Waals surface area (Å²) in [5.41, 5.74) is 1.56. The van der Waals surface area contributed by atoms with Crippen LogP contribution >= 0.6 is 12.6 Å². The van der Waals surface area contributed by atoms with Crippen LogP contribution < -0.4 is 0 Å². The number of aromatic nitrogens is 1. The number of nitrogens with zero attached hydrogens (tertiary/aromatic N) is 1. The highest BCUT2D eigenvalue weighted by Gasteiger charge is 1.96. The molecule has 12 heavy (non-hydrogen) atoms. The third kappa shape index (κ3) is 2.24. The first-order chi connectivity index (χ1) is 5.74. The number of halogens is 1. The van der Waals surface area contributed by atoms with Gasteiger partial charge in [0.1, 0.15) is 0 Å². The zero-order valence-corrected chi connectivity index (χ0v) is 7.53. The summed E-state index contributed by atoms with van der Waals surface area (Å²) >= 11 is 3.94. The number of rotatable bonds is 0. The van der Waals surface area contributed by atoms with Crippen molar-refractivity contribution < 1.29 is 4.39 Å². The number of hydrogen-bond donors (Lipinski definition) is 1. The summed E-state index contributed by atoms with van der Waals surface area (Å²) in [5.74, 6) is 5.64. The van der Waals surface area contributed by atoms with Crippen LogP contribution in [-0.4, -0.2) is 10.7 Å². The maximum absolute atomic E-state index is 12.5. The smallest absolute Gasteiger partial charge is 0.213 e. The Morgan fingerprint density at radius 3 is 3.00 bits per heavy atom. The van der Waals surface area contributed by atoms with Crippen LogP contribution in [0.25, 0.3) is 0 Å². The van der Waals surface area contributed by atoms with Crippen LogP contribution in [0.1, 0.15) is 11.1 Å². The van der Waals surface area contributed by atoms with Gasteiger partial charge in [-0.25, -0.2) is 4.98 Å². The van der Waals surface area contributed by atoms with Crippen molar-refractivity contribution in [2.75, 3.05) is 5.75 Å². The van der Waals surface area contributed by atoms with Gasteiger partial charge in [-0.3, -0.25) is 0 Å². The van der Waals surface area contributed by atoms with E-state index in [0.29, 0.717) is 5.75 Å². The Kier molecular flexibility index (Phi) is 3.12. The molecule has 0 atom stereocenters. The Labute approximate surface area is 76.4 Å². The molecule has 0 aliphatic carbocycles. The highest BCUT2D eigenvalue weighted by atomic mass is 32.1. The minimum Gasteiger partial charge on any atom is -0.227 e. The first-order valence-corrected chi connectivity index (χ1v) is 4.09. The van der Waals surface area contributed by atoms with E-state index < -0.39 is 5.95 Å². The molecule has 0 fully saturated rings. The minimum atomic E-state index is -0.469. The summed E-state index contributed by atoms with van der Waals surface area (Å²) in [6.45, 7) is 1.80. The molecule has 1 nitrogen and oxygen atoms in total. The van der Waals surface area contributed by atoms with E-state index in [4.69, 9.17) is 0 Å². The quantitative estimate of drug-likeness (QED) is 0.366. The molecule has 0 aliphatic rings.